The van der Waals surface area contributed by atoms with Crippen molar-refractivity contribution >= 4 is 0 Å². The standard InChI is InChI=1S/C20H28F4O2/c1-4-6-14-7-9-15(10-8-14)12-26-19-13(3)11-16(25-5-2)18(21)17(19)20(22,23)24/h11,14-15H,4-10,12H2,1-3H3. The Kier molecular flexibility index (Phi) is 7.18. The lowest BCUT2D eigenvalue weighted by Gasteiger charge is -2.29. The van der Waals surface area contributed by atoms with Crippen molar-refractivity contribution in [3.05, 3.63) is 23.0 Å². The fraction of sp³-hybridized carbons (Fsp3) is 0.700. The normalized spacial score (nSPS) is 20.9. The first-order valence-corrected chi connectivity index (χ1v) is 9.43. The molecule has 1 aliphatic carbocycles. The van der Waals surface area contributed by atoms with Gasteiger partial charge in [-0.1, -0.05) is 32.6 Å². The number of alkyl halides is 3. The third kappa shape index (κ3) is 5.04. The fourth-order valence-electron chi connectivity index (χ4n) is 3.74. The first-order valence-electron chi connectivity index (χ1n) is 9.43. The van der Waals surface area contributed by atoms with Gasteiger partial charge in [-0.15, -0.1) is 0 Å². The molecule has 0 amide bonds. The van der Waals surface area contributed by atoms with Gasteiger partial charge in [0.1, 0.15) is 11.3 Å². The summed E-state index contributed by atoms with van der Waals surface area (Å²) in [7, 11) is 0. The molecular formula is C20H28F4O2. The van der Waals surface area contributed by atoms with Crippen molar-refractivity contribution in [1.82, 2.24) is 0 Å². The Morgan fingerprint density at radius 2 is 1.65 bits per heavy atom. The monoisotopic (exact) mass is 376 g/mol. The molecule has 0 spiro atoms. The maximum Gasteiger partial charge on any atom is 0.422 e. The van der Waals surface area contributed by atoms with Crippen molar-refractivity contribution in [2.24, 2.45) is 11.8 Å². The number of aryl methyl sites for hydroxylation is 1. The van der Waals surface area contributed by atoms with Gasteiger partial charge in [-0.3, -0.25) is 0 Å². The molecule has 1 aromatic carbocycles. The van der Waals surface area contributed by atoms with E-state index < -0.39 is 23.3 Å². The Bertz CT molecular complexity index is 590. The van der Waals surface area contributed by atoms with Crippen LogP contribution in [0.1, 0.15) is 63.5 Å². The zero-order chi connectivity index (χ0) is 19.3. The third-order valence-corrected chi connectivity index (χ3v) is 5.08. The molecule has 6 heteroatoms. The minimum absolute atomic E-state index is 0.0921. The summed E-state index contributed by atoms with van der Waals surface area (Å²) in [6.45, 7) is 5.54. The number of hydrogen-bond donors (Lipinski definition) is 0. The molecule has 0 heterocycles. The highest BCUT2D eigenvalue weighted by atomic mass is 19.4. The Morgan fingerprint density at radius 3 is 2.19 bits per heavy atom. The number of hydrogen-bond acceptors (Lipinski definition) is 2. The zero-order valence-corrected chi connectivity index (χ0v) is 15.7. The molecule has 0 aliphatic heterocycles. The molecule has 1 aliphatic rings. The summed E-state index contributed by atoms with van der Waals surface area (Å²) in [5, 5.41) is 0. The Labute approximate surface area is 152 Å². The maximum atomic E-state index is 14.4. The summed E-state index contributed by atoms with van der Waals surface area (Å²) >= 11 is 0. The van der Waals surface area contributed by atoms with Crippen molar-refractivity contribution in [1.29, 1.82) is 0 Å². The summed E-state index contributed by atoms with van der Waals surface area (Å²) in [5.41, 5.74) is -1.12. The van der Waals surface area contributed by atoms with E-state index in [1.165, 1.54) is 19.4 Å². The first kappa shape index (κ1) is 20.8. The van der Waals surface area contributed by atoms with Crippen LogP contribution in [0, 0.1) is 24.6 Å². The second-order valence-corrected chi connectivity index (χ2v) is 7.13. The summed E-state index contributed by atoms with van der Waals surface area (Å²) in [4.78, 5) is 0. The van der Waals surface area contributed by atoms with E-state index in [4.69, 9.17) is 9.47 Å². The van der Waals surface area contributed by atoms with Gasteiger partial charge in [0, 0.05) is 0 Å². The van der Waals surface area contributed by atoms with Crippen LogP contribution in [-0.2, 0) is 6.18 Å². The Hall–Kier alpha value is -1.46. The summed E-state index contributed by atoms with van der Waals surface area (Å²) in [6.07, 6.45) is 1.60. The minimum Gasteiger partial charge on any atom is -0.492 e. The topological polar surface area (TPSA) is 18.5 Å². The van der Waals surface area contributed by atoms with Gasteiger partial charge >= 0.3 is 6.18 Å². The largest absolute Gasteiger partial charge is 0.492 e. The van der Waals surface area contributed by atoms with Gasteiger partial charge in [0.25, 0.3) is 0 Å². The molecule has 0 radical (unpaired) electrons. The van der Waals surface area contributed by atoms with E-state index in [1.54, 1.807) is 6.92 Å². The van der Waals surface area contributed by atoms with Crippen LogP contribution < -0.4 is 9.47 Å². The first-order chi connectivity index (χ1) is 12.3. The molecule has 0 aromatic heterocycles. The molecule has 2 nitrogen and oxygen atoms in total. The Balaban J connectivity index is 2.15. The van der Waals surface area contributed by atoms with Gasteiger partial charge < -0.3 is 9.47 Å². The van der Waals surface area contributed by atoms with Gasteiger partial charge in [-0.25, -0.2) is 4.39 Å². The molecule has 1 fully saturated rings. The lowest BCUT2D eigenvalue weighted by atomic mass is 9.80. The van der Waals surface area contributed by atoms with Crippen molar-refractivity contribution in [2.75, 3.05) is 13.2 Å². The lowest BCUT2D eigenvalue weighted by Crippen LogP contribution is -2.22. The number of rotatable bonds is 7. The van der Waals surface area contributed by atoms with E-state index in [0.717, 1.165) is 32.1 Å². The molecule has 26 heavy (non-hydrogen) atoms. The van der Waals surface area contributed by atoms with E-state index in [-0.39, 0.29) is 30.4 Å². The second-order valence-electron chi connectivity index (χ2n) is 7.13. The third-order valence-electron chi connectivity index (χ3n) is 5.08. The van der Waals surface area contributed by atoms with E-state index in [2.05, 4.69) is 6.92 Å². The highest BCUT2D eigenvalue weighted by Gasteiger charge is 2.40. The molecule has 1 aromatic rings. The van der Waals surface area contributed by atoms with E-state index in [9.17, 15) is 17.6 Å². The van der Waals surface area contributed by atoms with Crippen molar-refractivity contribution in [3.63, 3.8) is 0 Å². The summed E-state index contributed by atoms with van der Waals surface area (Å²) < 4.78 is 65.2. The van der Waals surface area contributed by atoms with Crippen LogP contribution in [0.4, 0.5) is 17.6 Å². The van der Waals surface area contributed by atoms with E-state index in [1.807, 2.05) is 0 Å². The molecule has 148 valence electrons. The SMILES string of the molecule is CCCC1CCC(COc2c(C)cc(OCC)c(F)c2C(F)(F)F)CC1. The molecular weight excluding hydrogens is 348 g/mol. The maximum absolute atomic E-state index is 14.4. The van der Waals surface area contributed by atoms with Crippen LogP contribution >= 0.6 is 0 Å². The number of halogens is 4. The predicted octanol–water partition coefficient (Wildman–Crippen LogP) is 6.54. The van der Waals surface area contributed by atoms with Crippen molar-refractivity contribution < 1.29 is 27.0 Å². The van der Waals surface area contributed by atoms with Gasteiger partial charge in [-0.05, 0) is 50.2 Å². The second kappa shape index (κ2) is 8.96. The van der Waals surface area contributed by atoms with Crippen LogP contribution in [-0.4, -0.2) is 13.2 Å². The summed E-state index contributed by atoms with van der Waals surface area (Å²) in [5.74, 6) is -1.25. The minimum atomic E-state index is -4.84. The zero-order valence-electron chi connectivity index (χ0n) is 15.7. The summed E-state index contributed by atoms with van der Waals surface area (Å²) in [6, 6.07) is 1.28. The molecule has 2 rings (SSSR count). The molecule has 0 N–H and O–H groups in total. The van der Waals surface area contributed by atoms with Crippen LogP contribution in [0.5, 0.6) is 11.5 Å². The number of benzene rings is 1. The highest BCUT2D eigenvalue weighted by Crippen LogP contribution is 2.44. The predicted molar refractivity (Wildman–Crippen MR) is 93.2 cm³/mol. The van der Waals surface area contributed by atoms with Crippen LogP contribution in [0.15, 0.2) is 6.07 Å². The quantitative estimate of drug-likeness (QED) is 0.503. The van der Waals surface area contributed by atoms with Crippen molar-refractivity contribution in [2.45, 2.75) is 65.5 Å². The molecule has 0 atom stereocenters. The average Bonchev–Trinajstić information content (AvgIpc) is 2.57. The Morgan fingerprint density at radius 1 is 1.04 bits per heavy atom. The van der Waals surface area contributed by atoms with Crippen LogP contribution in [0.2, 0.25) is 0 Å². The van der Waals surface area contributed by atoms with Gasteiger partial charge in [0.05, 0.1) is 13.2 Å². The molecule has 0 saturated heterocycles. The molecule has 0 bridgehead atoms. The van der Waals surface area contributed by atoms with E-state index >= 15 is 0 Å². The van der Waals surface area contributed by atoms with Crippen LogP contribution in [0.3, 0.4) is 0 Å². The molecule has 1 saturated carbocycles. The lowest BCUT2D eigenvalue weighted by molar-refractivity contribution is -0.141. The number of ether oxygens (including phenoxy) is 2. The fourth-order valence-corrected chi connectivity index (χ4v) is 3.74. The average molecular weight is 376 g/mol. The highest BCUT2D eigenvalue weighted by molar-refractivity contribution is 5.49. The van der Waals surface area contributed by atoms with E-state index in [0.29, 0.717) is 5.92 Å². The van der Waals surface area contributed by atoms with Gasteiger partial charge in [-0.2, -0.15) is 13.2 Å². The van der Waals surface area contributed by atoms with Crippen LogP contribution in [0.25, 0.3) is 0 Å². The molecule has 0 unspecified atom stereocenters. The van der Waals surface area contributed by atoms with Gasteiger partial charge in [0.15, 0.2) is 11.6 Å². The van der Waals surface area contributed by atoms with Crippen molar-refractivity contribution in [3.8, 4) is 11.5 Å². The smallest absolute Gasteiger partial charge is 0.422 e. The van der Waals surface area contributed by atoms with Gasteiger partial charge in [0.2, 0.25) is 0 Å².